The van der Waals surface area contributed by atoms with Crippen molar-refractivity contribution in [3.05, 3.63) is 47.8 Å². The van der Waals surface area contributed by atoms with E-state index < -0.39 is 0 Å². The van der Waals surface area contributed by atoms with E-state index in [4.69, 9.17) is 9.47 Å². The summed E-state index contributed by atoms with van der Waals surface area (Å²) in [4.78, 5) is 12.2. The number of aromatic nitrogens is 2. The van der Waals surface area contributed by atoms with Crippen molar-refractivity contribution in [2.24, 2.45) is 5.92 Å². The Morgan fingerprint density at radius 3 is 2.79 bits per heavy atom. The van der Waals surface area contributed by atoms with Gasteiger partial charge in [0.2, 0.25) is 5.91 Å². The number of H-pyrrole nitrogens is 1. The fourth-order valence-electron chi connectivity index (χ4n) is 3.43. The molecule has 1 heterocycles. The number of hydrogen-bond acceptors (Lipinski definition) is 4. The minimum absolute atomic E-state index is 0.0437. The van der Waals surface area contributed by atoms with Gasteiger partial charge in [-0.1, -0.05) is 13.0 Å². The first-order chi connectivity index (χ1) is 13.6. The van der Waals surface area contributed by atoms with Gasteiger partial charge in [-0.3, -0.25) is 9.89 Å². The Morgan fingerprint density at radius 1 is 1.25 bits per heavy atom. The van der Waals surface area contributed by atoms with Gasteiger partial charge < -0.3 is 14.8 Å². The second kappa shape index (κ2) is 9.97. The summed E-state index contributed by atoms with van der Waals surface area (Å²) in [6.07, 6.45) is 10.4. The number of rotatable bonds is 8. The predicted molar refractivity (Wildman–Crippen MR) is 109 cm³/mol. The number of nitrogens with zero attached hydrogens (tertiary/aromatic N) is 1. The summed E-state index contributed by atoms with van der Waals surface area (Å²) in [6, 6.07) is 7.87. The van der Waals surface area contributed by atoms with Crippen molar-refractivity contribution in [3.63, 3.8) is 0 Å². The molecule has 28 heavy (non-hydrogen) atoms. The second-order valence-corrected chi connectivity index (χ2v) is 7.37. The number of amides is 1. The molecule has 0 spiro atoms. The van der Waals surface area contributed by atoms with Crippen LogP contribution in [0.2, 0.25) is 0 Å². The van der Waals surface area contributed by atoms with Crippen LogP contribution in [0.4, 0.5) is 0 Å². The van der Waals surface area contributed by atoms with Gasteiger partial charge in [0, 0.05) is 24.7 Å². The van der Waals surface area contributed by atoms with Crippen LogP contribution in [0.25, 0.3) is 6.08 Å². The van der Waals surface area contributed by atoms with Crippen LogP contribution in [0, 0.1) is 5.92 Å². The molecule has 1 fully saturated rings. The minimum atomic E-state index is -0.0437. The molecule has 0 unspecified atom stereocenters. The van der Waals surface area contributed by atoms with Gasteiger partial charge in [0.15, 0.2) is 11.5 Å². The van der Waals surface area contributed by atoms with Crippen molar-refractivity contribution in [2.75, 3.05) is 13.7 Å². The van der Waals surface area contributed by atoms with Gasteiger partial charge in [0.25, 0.3) is 0 Å². The molecule has 0 atom stereocenters. The van der Waals surface area contributed by atoms with E-state index in [1.165, 1.54) is 12.8 Å². The van der Waals surface area contributed by atoms with Crippen LogP contribution in [0.5, 0.6) is 11.5 Å². The molecule has 1 aromatic heterocycles. The number of ether oxygens (including phenoxy) is 2. The van der Waals surface area contributed by atoms with E-state index in [-0.39, 0.29) is 5.91 Å². The fourth-order valence-corrected chi connectivity index (χ4v) is 3.43. The van der Waals surface area contributed by atoms with Gasteiger partial charge in [-0.25, -0.2) is 0 Å². The van der Waals surface area contributed by atoms with Gasteiger partial charge in [0.05, 0.1) is 19.4 Å². The molecule has 2 N–H and O–H groups in total. The van der Waals surface area contributed by atoms with E-state index in [0.29, 0.717) is 30.6 Å². The Kier molecular flexibility index (Phi) is 7.12. The average Bonchev–Trinajstić information content (AvgIpc) is 3.22. The highest BCUT2D eigenvalue weighted by atomic mass is 16.5. The minimum Gasteiger partial charge on any atom is -0.493 e. The summed E-state index contributed by atoms with van der Waals surface area (Å²) in [5.41, 5.74) is 1.85. The lowest BCUT2D eigenvalue weighted by Gasteiger charge is -2.26. The Hall–Kier alpha value is -2.76. The maximum atomic E-state index is 12.2. The van der Waals surface area contributed by atoms with E-state index in [0.717, 1.165) is 30.0 Å². The zero-order valence-corrected chi connectivity index (χ0v) is 16.6. The molecule has 6 heteroatoms. The molecule has 0 radical (unpaired) electrons. The van der Waals surface area contributed by atoms with E-state index in [1.807, 2.05) is 24.3 Å². The van der Waals surface area contributed by atoms with Gasteiger partial charge in [-0.15, -0.1) is 0 Å². The first kappa shape index (κ1) is 20.0. The van der Waals surface area contributed by atoms with Crippen LogP contribution in [-0.4, -0.2) is 35.9 Å². The molecular formula is C22H29N3O3. The lowest BCUT2D eigenvalue weighted by atomic mass is 9.87. The number of carbonyl (C=O) groups is 1. The molecule has 6 nitrogen and oxygen atoms in total. The zero-order valence-electron chi connectivity index (χ0n) is 16.6. The quantitative estimate of drug-likeness (QED) is 0.681. The molecule has 1 saturated carbocycles. The highest BCUT2D eigenvalue weighted by molar-refractivity contribution is 5.92. The van der Waals surface area contributed by atoms with Crippen LogP contribution in [-0.2, 0) is 11.2 Å². The highest BCUT2D eigenvalue weighted by Crippen LogP contribution is 2.29. The summed E-state index contributed by atoms with van der Waals surface area (Å²) in [5.74, 6) is 2.05. The van der Waals surface area contributed by atoms with Crippen molar-refractivity contribution in [3.8, 4) is 11.5 Å². The van der Waals surface area contributed by atoms with E-state index in [1.54, 1.807) is 25.5 Å². The molecule has 150 valence electrons. The standard InChI is InChI=1S/C22H29N3O3/c1-16-3-7-18(8-4-16)24-22(26)10-6-17-5-9-20(21(15-17)27-2)28-14-12-19-11-13-23-25-19/h5-6,9-11,13,15-16,18H,3-4,7-8,12,14H2,1-2H3,(H,23,25)(H,24,26)/t16-,18-. The van der Waals surface area contributed by atoms with E-state index >= 15 is 0 Å². The topological polar surface area (TPSA) is 76.2 Å². The molecule has 1 aromatic carbocycles. The average molecular weight is 383 g/mol. The molecule has 0 saturated heterocycles. The summed E-state index contributed by atoms with van der Waals surface area (Å²) < 4.78 is 11.2. The molecular weight excluding hydrogens is 354 g/mol. The number of aromatic amines is 1. The third-order valence-corrected chi connectivity index (χ3v) is 5.15. The van der Waals surface area contributed by atoms with E-state index in [9.17, 15) is 4.79 Å². The summed E-state index contributed by atoms with van der Waals surface area (Å²) >= 11 is 0. The Bertz CT molecular complexity index is 778. The highest BCUT2D eigenvalue weighted by Gasteiger charge is 2.18. The van der Waals surface area contributed by atoms with Crippen molar-refractivity contribution < 1.29 is 14.3 Å². The molecule has 1 amide bonds. The summed E-state index contributed by atoms with van der Waals surface area (Å²) in [7, 11) is 1.61. The van der Waals surface area contributed by atoms with Crippen molar-refractivity contribution in [1.82, 2.24) is 15.5 Å². The van der Waals surface area contributed by atoms with Crippen LogP contribution in [0.1, 0.15) is 43.9 Å². The zero-order chi connectivity index (χ0) is 19.8. The smallest absolute Gasteiger partial charge is 0.244 e. The Labute approximate surface area is 166 Å². The molecule has 0 bridgehead atoms. The monoisotopic (exact) mass is 383 g/mol. The molecule has 0 aliphatic heterocycles. The molecule has 1 aliphatic rings. The summed E-state index contributed by atoms with van der Waals surface area (Å²) in [5, 5.41) is 10.00. The van der Waals surface area contributed by atoms with Gasteiger partial charge >= 0.3 is 0 Å². The van der Waals surface area contributed by atoms with Crippen LogP contribution in [0.15, 0.2) is 36.5 Å². The number of hydrogen-bond donors (Lipinski definition) is 2. The Balaban J connectivity index is 1.52. The predicted octanol–water partition coefficient (Wildman–Crippen LogP) is 3.75. The maximum Gasteiger partial charge on any atom is 0.244 e. The fraction of sp³-hybridized carbons (Fsp3) is 0.455. The third-order valence-electron chi connectivity index (χ3n) is 5.15. The van der Waals surface area contributed by atoms with Crippen molar-refractivity contribution >= 4 is 12.0 Å². The maximum absolute atomic E-state index is 12.2. The number of carbonyl (C=O) groups excluding carboxylic acids is 1. The van der Waals surface area contributed by atoms with Crippen LogP contribution < -0.4 is 14.8 Å². The first-order valence-corrected chi connectivity index (χ1v) is 9.92. The lowest BCUT2D eigenvalue weighted by Crippen LogP contribution is -2.36. The normalized spacial score (nSPS) is 19.5. The largest absolute Gasteiger partial charge is 0.493 e. The number of methoxy groups -OCH3 is 1. The molecule has 1 aliphatic carbocycles. The van der Waals surface area contributed by atoms with Crippen molar-refractivity contribution in [1.29, 1.82) is 0 Å². The van der Waals surface area contributed by atoms with Gasteiger partial charge in [-0.2, -0.15) is 5.10 Å². The summed E-state index contributed by atoms with van der Waals surface area (Å²) in [6.45, 7) is 2.79. The van der Waals surface area contributed by atoms with Gasteiger partial charge in [0.1, 0.15) is 0 Å². The second-order valence-electron chi connectivity index (χ2n) is 7.37. The van der Waals surface area contributed by atoms with Crippen molar-refractivity contribution in [2.45, 2.75) is 45.1 Å². The SMILES string of the molecule is COc1cc(C=CC(=O)N[C@H]2CC[C@H](C)CC2)ccc1OCCc1cc[nH]n1. The molecule has 2 aromatic rings. The molecule has 3 rings (SSSR count). The van der Waals surface area contributed by atoms with Crippen LogP contribution in [0.3, 0.4) is 0 Å². The Morgan fingerprint density at radius 2 is 2.07 bits per heavy atom. The van der Waals surface area contributed by atoms with Crippen LogP contribution >= 0.6 is 0 Å². The first-order valence-electron chi connectivity index (χ1n) is 9.92. The number of nitrogens with one attached hydrogen (secondary N) is 2. The third kappa shape index (κ3) is 5.87. The lowest BCUT2D eigenvalue weighted by molar-refractivity contribution is -0.117. The number of benzene rings is 1. The van der Waals surface area contributed by atoms with E-state index in [2.05, 4.69) is 22.4 Å². The van der Waals surface area contributed by atoms with Gasteiger partial charge in [-0.05, 0) is 61.4 Å².